The fourth-order valence-corrected chi connectivity index (χ4v) is 3.77. The average Bonchev–Trinajstić information content (AvgIpc) is 3.38. The highest BCUT2D eigenvalue weighted by atomic mass is 19.1. The van der Waals surface area contributed by atoms with Crippen molar-refractivity contribution in [3.05, 3.63) is 35.8 Å². The molecule has 176 valence electrons. The van der Waals surface area contributed by atoms with Crippen molar-refractivity contribution in [2.75, 3.05) is 18.8 Å². The summed E-state index contributed by atoms with van der Waals surface area (Å²) in [6, 6.07) is 4.62. The van der Waals surface area contributed by atoms with Gasteiger partial charge in [0.05, 0.1) is 23.9 Å². The van der Waals surface area contributed by atoms with Gasteiger partial charge in [0.25, 0.3) is 0 Å². The Labute approximate surface area is 190 Å². The van der Waals surface area contributed by atoms with Crippen LogP contribution in [0.3, 0.4) is 0 Å². The van der Waals surface area contributed by atoms with Gasteiger partial charge in [-0.25, -0.2) is 18.5 Å². The van der Waals surface area contributed by atoms with Crippen LogP contribution in [-0.2, 0) is 18.4 Å². The molecule has 1 saturated heterocycles. The molecule has 0 aliphatic carbocycles. The molecule has 2 aromatic heterocycles. The Morgan fingerprint density at radius 1 is 1.30 bits per heavy atom. The number of anilines is 1. The van der Waals surface area contributed by atoms with E-state index in [1.54, 1.807) is 28.9 Å². The SMILES string of the molecule is CC(C)OC(=O)N1CCC(n2ncc(COc3ccc(-c4nnnn4C)cc3F)c2N)CC1. The monoisotopic (exact) mass is 458 g/mol. The number of carbonyl (C=O) groups excluding carboxylic acids is 1. The van der Waals surface area contributed by atoms with E-state index in [0.29, 0.717) is 48.7 Å². The van der Waals surface area contributed by atoms with Gasteiger partial charge in [0.15, 0.2) is 17.4 Å². The number of rotatable bonds is 6. The zero-order valence-electron chi connectivity index (χ0n) is 18.8. The first-order valence-corrected chi connectivity index (χ1v) is 10.8. The number of tetrazole rings is 1. The number of benzene rings is 1. The van der Waals surface area contributed by atoms with E-state index in [9.17, 15) is 9.18 Å². The van der Waals surface area contributed by atoms with Crippen LogP contribution < -0.4 is 10.5 Å². The Kier molecular flexibility index (Phi) is 6.43. The van der Waals surface area contributed by atoms with Gasteiger partial charge in [0, 0.05) is 25.7 Å². The van der Waals surface area contributed by atoms with Crippen LogP contribution in [0.5, 0.6) is 5.75 Å². The average molecular weight is 458 g/mol. The van der Waals surface area contributed by atoms with Crippen LogP contribution in [-0.4, -0.2) is 60.2 Å². The molecule has 0 radical (unpaired) electrons. The molecule has 3 heterocycles. The molecule has 11 nitrogen and oxygen atoms in total. The highest BCUT2D eigenvalue weighted by Crippen LogP contribution is 2.28. The second kappa shape index (κ2) is 9.43. The fourth-order valence-electron chi connectivity index (χ4n) is 3.77. The molecule has 0 atom stereocenters. The number of amides is 1. The predicted octanol–water partition coefficient (Wildman–Crippen LogP) is 2.56. The van der Waals surface area contributed by atoms with Crippen LogP contribution in [0, 0.1) is 5.82 Å². The van der Waals surface area contributed by atoms with Crippen LogP contribution >= 0.6 is 0 Å². The van der Waals surface area contributed by atoms with E-state index in [1.807, 2.05) is 13.8 Å². The largest absolute Gasteiger partial charge is 0.486 e. The molecule has 0 unspecified atom stereocenters. The number of nitrogen functional groups attached to an aromatic ring is 1. The van der Waals surface area contributed by atoms with Gasteiger partial charge in [0.1, 0.15) is 12.4 Å². The van der Waals surface area contributed by atoms with Gasteiger partial charge in [-0.15, -0.1) is 5.10 Å². The molecule has 2 N–H and O–H groups in total. The van der Waals surface area contributed by atoms with Gasteiger partial charge < -0.3 is 20.1 Å². The highest BCUT2D eigenvalue weighted by molar-refractivity contribution is 5.67. The number of piperidine rings is 1. The Morgan fingerprint density at radius 2 is 2.06 bits per heavy atom. The first-order valence-electron chi connectivity index (χ1n) is 10.8. The minimum absolute atomic E-state index is 0.0675. The normalized spacial score (nSPS) is 14.6. The number of halogens is 1. The minimum Gasteiger partial charge on any atom is -0.486 e. The molecule has 33 heavy (non-hydrogen) atoms. The Morgan fingerprint density at radius 3 is 2.70 bits per heavy atom. The molecule has 12 heteroatoms. The number of hydrogen-bond acceptors (Lipinski definition) is 8. The Hall–Kier alpha value is -3.70. The standard InChI is InChI=1S/C21H27FN8O3/c1-13(2)33-21(31)29-8-6-16(7-9-29)30-19(23)15(11-24-30)12-32-18-5-4-14(10-17(18)22)20-25-26-27-28(20)3/h4-5,10-11,13,16H,6-9,12,23H2,1-3H3. The molecule has 0 saturated carbocycles. The van der Waals surface area contributed by atoms with Crippen LogP contribution in [0.2, 0.25) is 0 Å². The van der Waals surface area contributed by atoms with E-state index >= 15 is 0 Å². The molecular weight excluding hydrogens is 431 g/mol. The molecule has 4 rings (SSSR count). The summed E-state index contributed by atoms with van der Waals surface area (Å²) in [7, 11) is 1.68. The summed E-state index contributed by atoms with van der Waals surface area (Å²) in [6.07, 6.45) is 2.61. The minimum atomic E-state index is -0.526. The van der Waals surface area contributed by atoms with E-state index in [4.69, 9.17) is 15.2 Å². The predicted molar refractivity (Wildman–Crippen MR) is 117 cm³/mol. The molecule has 0 spiro atoms. The maximum absolute atomic E-state index is 14.6. The van der Waals surface area contributed by atoms with E-state index in [0.717, 1.165) is 0 Å². The third kappa shape index (κ3) is 4.89. The first-order chi connectivity index (χ1) is 15.8. The molecule has 3 aromatic rings. The molecule has 1 fully saturated rings. The summed E-state index contributed by atoms with van der Waals surface area (Å²) >= 11 is 0. The zero-order valence-corrected chi connectivity index (χ0v) is 18.8. The van der Waals surface area contributed by atoms with E-state index in [-0.39, 0.29) is 30.6 Å². The number of aryl methyl sites for hydroxylation is 1. The van der Waals surface area contributed by atoms with Gasteiger partial charge in [-0.3, -0.25) is 0 Å². The van der Waals surface area contributed by atoms with E-state index < -0.39 is 5.82 Å². The van der Waals surface area contributed by atoms with Crippen molar-refractivity contribution in [3.8, 4) is 17.1 Å². The van der Waals surface area contributed by atoms with E-state index in [1.165, 1.54) is 16.8 Å². The van der Waals surface area contributed by atoms with Crippen LogP contribution in [0.15, 0.2) is 24.4 Å². The maximum Gasteiger partial charge on any atom is 0.410 e. The highest BCUT2D eigenvalue weighted by Gasteiger charge is 2.27. The lowest BCUT2D eigenvalue weighted by molar-refractivity contribution is 0.0655. The quantitative estimate of drug-likeness (QED) is 0.597. The van der Waals surface area contributed by atoms with Crippen LogP contribution in [0.25, 0.3) is 11.4 Å². The topological polar surface area (TPSA) is 126 Å². The second-order valence-corrected chi connectivity index (χ2v) is 8.21. The van der Waals surface area contributed by atoms with Crippen molar-refractivity contribution in [1.82, 2.24) is 34.9 Å². The Bertz CT molecular complexity index is 1120. The summed E-state index contributed by atoms with van der Waals surface area (Å²) in [5.74, 6) is 0.495. The molecule has 1 amide bonds. The third-order valence-corrected chi connectivity index (χ3v) is 5.51. The molecule has 1 aliphatic heterocycles. The number of ether oxygens (including phenoxy) is 2. The van der Waals surface area contributed by atoms with Crippen LogP contribution in [0.1, 0.15) is 38.3 Å². The summed E-state index contributed by atoms with van der Waals surface area (Å²) in [5.41, 5.74) is 7.51. The second-order valence-electron chi connectivity index (χ2n) is 8.21. The summed E-state index contributed by atoms with van der Waals surface area (Å²) in [6.45, 7) is 4.87. The van der Waals surface area contributed by atoms with Crippen molar-refractivity contribution in [2.24, 2.45) is 7.05 Å². The molecule has 1 aromatic carbocycles. The molecular formula is C21H27FN8O3. The lowest BCUT2D eigenvalue weighted by Gasteiger charge is -2.32. The van der Waals surface area contributed by atoms with Crippen molar-refractivity contribution < 1.29 is 18.7 Å². The van der Waals surface area contributed by atoms with Gasteiger partial charge >= 0.3 is 6.09 Å². The molecule has 0 bridgehead atoms. The van der Waals surface area contributed by atoms with Crippen molar-refractivity contribution in [3.63, 3.8) is 0 Å². The number of nitrogens with zero attached hydrogens (tertiary/aromatic N) is 7. The lowest BCUT2D eigenvalue weighted by atomic mass is 10.1. The van der Waals surface area contributed by atoms with Crippen molar-refractivity contribution in [2.45, 2.75) is 45.4 Å². The van der Waals surface area contributed by atoms with Gasteiger partial charge in [-0.05, 0) is 55.3 Å². The van der Waals surface area contributed by atoms with Gasteiger partial charge in [-0.1, -0.05) is 0 Å². The fraction of sp³-hybridized carbons (Fsp3) is 0.476. The third-order valence-electron chi connectivity index (χ3n) is 5.51. The summed E-state index contributed by atoms with van der Waals surface area (Å²) < 4.78 is 28.7. The van der Waals surface area contributed by atoms with E-state index in [2.05, 4.69) is 20.6 Å². The number of carbonyl (C=O) groups is 1. The number of nitrogens with two attached hydrogens (primary N) is 1. The molecule has 1 aliphatic rings. The van der Waals surface area contributed by atoms with Gasteiger partial charge in [-0.2, -0.15) is 5.10 Å². The maximum atomic E-state index is 14.6. The first kappa shape index (κ1) is 22.5. The smallest absolute Gasteiger partial charge is 0.410 e. The summed E-state index contributed by atoms with van der Waals surface area (Å²) in [5, 5.41) is 15.6. The number of likely N-dealkylation sites (tertiary alicyclic amines) is 1. The number of hydrogen-bond donors (Lipinski definition) is 1. The van der Waals surface area contributed by atoms with Crippen molar-refractivity contribution in [1.29, 1.82) is 0 Å². The lowest BCUT2D eigenvalue weighted by Crippen LogP contribution is -2.40. The van der Waals surface area contributed by atoms with Crippen molar-refractivity contribution >= 4 is 11.9 Å². The van der Waals surface area contributed by atoms with Gasteiger partial charge in [0.2, 0.25) is 0 Å². The van der Waals surface area contributed by atoms with Crippen LogP contribution in [0.4, 0.5) is 15.0 Å². The number of aromatic nitrogens is 6. The Balaban J connectivity index is 1.36. The summed E-state index contributed by atoms with van der Waals surface area (Å²) in [4.78, 5) is 13.8. The zero-order chi connectivity index (χ0) is 23.5.